The molecule has 0 aliphatic heterocycles. The zero-order valence-corrected chi connectivity index (χ0v) is 5.10. The van der Waals surface area contributed by atoms with Gasteiger partial charge in [0.05, 0.1) is 12.3 Å². The quantitative estimate of drug-likeness (QED) is 0.581. The highest BCUT2D eigenvalue weighted by atomic mass is 19.1. The second kappa shape index (κ2) is 2.62. The lowest BCUT2D eigenvalue weighted by Gasteiger charge is -1.94. The van der Waals surface area contributed by atoms with E-state index in [2.05, 4.69) is 4.98 Å². The van der Waals surface area contributed by atoms with E-state index in [4.69, 9.17) is 5.11 Å². The summed E-state index contributed by atoms with van der Waals surface area (Å²) in [6, 6.07) is 1.06. The maximum Gasteiger partial charge on any atom is 0.217 e. The summed E-state index contributed by atoms with van der Waals surface area (Å²) in [4.78, 5) is 12.9. The molecule has 54 valence electrons. The van der Waals surface area contributed by atoms with Gasteiger partial charge in [-0.15, -0.1) is 0 Å². The van der Waals surface area contributed by atoms with Crippen LogP contribution in [0.4, 0.5) is 4.39 Å². The number of pyridine rings is 1. The summed E-state index contributed by atoms with van der Waals surface area (Å²) in [5.74, 6) is -0.912. The van der Waals surface area contributed by atoms with Gasteiger partial charge in [-0.05, 0) is 0 Å². The minimum atomic E-state index is -0.912. The van der Waals surface area contributed by atoms with Crippen LogP contribution >= 0.6 is 0 Å². The van der Waals surface area contributed by atoms with Gasteiger partial charge in [0.2, 0.25) is 5.43 Å². The van der Waals surface area contributed by atoms with Crippen LogP contribution in [0.5, 0.6) is 0 Å². The third-order valence-corrected chi connectivity index (χ3v) is 1.13. The molecule has 4 heteroatoms. The zero-order chi connectivity index (χ0) is 7.56. The molecule has 0 atom stereocenters. The summed E-state index contributed by atoms with van der Waals surface area (Å²) < 4.78 is 12.5. The topological polar surface area (TPSA) is 53.1 Å². The van der Waals surface area contributed by atoms with E-state index < -0.39 is 17.9 Å². The van der Waals surface area contributed by atoms with Gasteiger partial charge < -0.3 is 10.1 Å². The number of aliphatic hydroxyl groups excluding tert-OH is 1. The minimum absolute atomic E-state index is 0.0764. The summed E-state index contributed by atoms with van der Waals surface area (Å²) in [5.41, 5.74) is -0.782. The maximum absolute atomic E-state index is 12.5. The lowest BCUT2D eigenvalue weighted by atomic mass is 10.3. The van der Waals surface area contributed by atoms with Gasteiger partial charge in [-0.1, -0.05) is 0 Å². The number of halogens is 1. The zero-order valence-electron chi connectivity index (χ0n) is 5.10. The van der Waals surface area contributed by atoms with E-state index in [-0.39, 0.29) is 5.69 Å². The molecule has 0 aliphatic carbocycles. The second-order valence-corrected chi connectivity index (χ2v) is 1.79. The molecule has 0 amide bonds. The molecular formula is C6H6FNO2. The molecule has 10 heavy (non-hydrogen) atoms. The fourth-order valence-corrected chi connectivity index (χ4v) is 0.618. The smallest absolute Gasteiger partial charge is 0.217 e. The number of hydrogen-bond donors (Lipinski definition) is 2. The Kier molecular flexibility index (Phi) is 1.82. The van der Waals surface area contributed by atoms with Crippen molar-refractivity contribution in [3.05, 3.63) is 34.0 Å². The first-order valence-electron chi connectivity index (χ1n) is 2.72. The normalized spacial score (nSPS) is 9.80. The fraction of sp³-hybridized carbons (Fsp3) is 0.167. The molecule has 0 saturated carbocycles. The van der Waals surface area contributed by atoms with E-state index in [0.29, 0.717) is 0 Å². The number of nitrogens with one attached hydrogen (secondary N) is 1. The molecular weight excluding hydrogens is 137 g/mol. The van der Waals surface area contributed by atoms with E-state index in [1.54, 1.807) is 0 Å². The third-order valence-electron chi connectivity index (χ3n) is 1.13. The van der Waals surface area contributed by atoms with Crippen molar-refractivity contribution in [3.63, 3.8) is 0 Å². The van der Waals surface area contributed by atoms with E-state index in [1.807, 2.05) is 0 Å². The van der Waals surface area contributed by atoms with Crippen LogP contribution in [0.3, 0.4) is 0 Å². The van der Waals surface area contributed by atoms with E-state index in [9.17, 15) is 9.18 Å². The monoisotopic (exact) mass is 143 g/mol. The molecule has 0 aliphatic rings. The summed E-state index contributed by atoms with van der Waals surface area (Å²) in [5, 5.41) is 8.43. The third kappa shape index (κ3) is 1.06. The average Bonchev–Trinajstić information content (AvgIpc) is 1.95. The highest BCUT2D eigenvalue weighted by molar-refractivity contribution is 5.05. The Morgan fingerprint density at radius 2 is 2.40 bits per heavy atom. The molecule has 1 rings (SSSR count). The van der Waals surface area contributed by atoms with Crippen molar-refractivity contribution in [2.75, 3.05) is 0 Å². The standard InChI is InChI=1S/C6H6FNO2/c7-6-4(3-9)8-2-1-5(6)10/h1-2,9H,3H2,(H,8,10). The molecule has 0 saturated heterocycles. The van der Waals surface area contributed by atoms with Crippen molar-refractivity contribution in [2.45, 2.75) is 6.61 Å². The highest BCUT2D eigenvalue weighted by Crippen LogP contribution is 1.94. The SMILES string of the molecule is O=c1cc[nH]c(CO)c1F. The summed E-state index contributed by atoms with van der Waals surface area (Å²) >= 11 is 0. The van der Waals surface area contributed by atoms with Crippen LogP contribution in [0, 0.1) is 5.82 Å². The Morgan fingerprint density at radius 1 is 1.70 bits per heavy atom. The Balaban J connectivity index is 3.28. The van der Waals surface area contributed by atoms with Gasteiger partial charge in [0, 0.05) is 12.3 Å². The van der Waals surface area contributed by atoms with Crippen LogP contribution in [0.2, 0.25) is 0 Å². The van der Waals surface area contributed by atoms with Crippen LogP contribution in [-0.4, -0.2) is 10.1 Å². The lowest BCUT2D eigenvalue weighted by molar-refractivity contribution is 0.269. The van der Waals surface area contributed by atoms with Gasteiger partial charge in [0.25, 0.3) is 0 Å². The number of H-pyrrole nitrogens is 1. The molecule has 1 aromatic rings. The predicted octanol–water partition coefficient (Wildman–Crippen LogP) is 0.00630. The average molecular weight is 143 g/mol. The second-order valence-electron chi connectivity index (χ2n) is 1.79. The van der Waals surface area contributed by atoms with Crippen molar-refractivity contribution >= 4 is 0 Å². The number of aliphatic hydroxyl groups is 1. The van der Waals surface area contributed by atoms with Crippen molar-refractivity contribution < 1.29 is 9.50 Å². The van der Waals surface area contributed by atoms with Gasteiger partial charge in [0.1, 0.15) is 0 Å². The molecule has 0 unspecified atom stereocenters. The summed E-state index contributed by atoms with van der Waals surface area (Å²) in [6.07, 6.45) is 1.29. The van der Waals surface area contributed by atoms with Crippen molar-refractivity contribution in [3.8, 4) is 0 Å². The van der Waals surface area contributed by atoms with Gasteiger partial charge in [-0.25, -0.2) is 4.39 Å². The van der Waals surface area contributed by atoms with Crippen molar-refractivity contribution in [2.24, 2.45) is 0 Å². The van der Waals surface area contributed by atoms with Crippen molar-refractivity contribution in [1.82, 2.24) is 4.98 Å². The highest BCUT2D eigenvalue weighted by Gasteiger charge is 2.02. The van der Waals surface area contributed by atoms with Crippen LogP contribution < -0.4 is 5.43 Å². The molecule has 0 spiro atoms. The largest absolute Gasteiger partial charge is 0.390 e. The van der Waals surface area contributed by atoms with Crippen molar-refractivity contribution in [1.29, 1.82) is 0 Å². The Labute approximate surface area is 56.1 Å². The molecule has 1 aromatic heterocycles. The molecule has 0 radical (unpaired) electrons. The minimum Gasteiger partial charge on any atom is -0.390 e. The first-order chi connectivity index (χ1) is 4.75. The summed E-state index contributed by atoms with van der Waals surface area (Å²) in [6.45, 7) is -0.484. The predicted molar refractivity (Wildman–Crippen MR) is 32.9 cm³/mol. The van der Waals surface area contributed by atoms with Gasteiger partial charge >= 0.3 is 0 Å². The molecule has 1 heterocycles. The van der Waals surface area contributed by atoms with E-state index >= 15 is 0 Å². The Hall–Kier alpha value is -1.16. The summed E-state index contributed by atoms with van der Waals surface area (Å²) in [7, 11) is 0. The van der Waals surface area contributed by atoms with E-state index in [1.165, 1.54) is 6.20 Å². The molecule has 0 fully saturated rings. The van der Waals surface area contributed by atoms with Crippen LogP contribution in [0.1, 0.15) is 5.69 Å². The number of aromatic nitrogens is 1. The Morgan fingerprint density at radius 3 is 2.90 bits per heavy atom. The molecule has 0 aromatic carbocycles. The van der Waals surface area contributed by atoms with E-state index in [0.717, 1.165) is 6.07 Å². The van der Waals surface area contributed by atoms with Gasteiger partial charge in [-0.2, -0.15) is 0 Å². The molecule has 3 nitrogen and oxygen atoms in total. The maximum atomic E-state index is 12.5. The number of hydrogen-bond acceptors (Lipinski definition) is 2. The molecule has 0 bridgehead atoms. The Bertz CT molecular complexity index is 281. The first kappa shape index (κ1) is 6.95. The number of aromatic amines is 1. The first-order valence-corrected chi connectivity index (χ1v) is 2.72. The van der Waals surface area contributed by atoms with Crippen LogP contribution in [0.25, 0.3) is 0 Å². The van der Waals surface area contributed by atoms with Crippen LogP contribution in [0.15, 0.2) is 17.1 Å². The van der Waals surface area contributed by atoms with Gasteiger partial charge in [-0.3, -0.25) is 4.79 Å². The lowest BCUT2D eigenvalue weighted by Crippen LogP contribution is -2.09. The van der Waals surface area contributed by atoms with Crippen LogP contribution in [-0.2, 0) is 6.61 Å². The fourth-order valence-electron chi connectivity index (χ4n) is 0.618. The molecule has 2 N–H and O–H groups in total. The van der Waals surface area contributed by atoms with Gasteiger partial charge in [0.15, 0.2) is 5.82 Å². The number of rotatable bonds is 1.